The molecule has 0 aliphatic carbocycles. The molecular formula is C14H10FNO2. The summed E-state index contributed by atoms with van der Waals surface area (Å²) >= 11 is 0. The molecule has 0 bridgehead atoms. The van der Waals surface area contributed by atoms with E-state index >= 15 is 0 Å². The lowest BCUT2D eigenvalue weighted by atomic mass is 10.1. The Kier molecular flexibility index (Phi) is 3.48. The van der Waals surface area contributed by atoms with Crippen molar-refractivity contribution in [1.82, 2.24) is 4.98 Å². The molecule has 0 atom stereocenters. The zero-order valence-electron chi connectivity index (χ0n) is 9.38. The molecule has 1 N–H and O–H groups in total. The number of phenolic OH excluding ortho intramolecular Hbond substituents is 1. The van der Waals surface area contributed by atoms with Crippen LogP contribution in [-0.4, -0.2) is 15.9 Å². The number of benzene rings is 1. The number of halogens is 1. The van der Waals surface area contributed by atoms with Crippen molar-refractivity contribution in [2.24, 2.45) is 0 Å². The maximum absolute atomic E-state index is 13.0. The molecule has 0 amide bonds. The van der Waals surface area contributed by atoms with Gasteiger partial charge in [-0.2, -0.15) is 0 Å². The summed E-state index contributed by atoms with van der Waals surface area (Å²) in [5.41, 5.74) is 0.692. The Hall–Kier alpha value is -2.49. The van der Waals surface area contributed by atoms with Gasteiger partial charge in [0.2, 0.25) is 0 Å². The van der Waals surface area contributed by atoms with Gasteiger partial charge in [0, 0.05) is 23.5 Å². The number of phenols is 1. The normalized spacial score (nSPS) is 10.7. The molecule has 2 rings (SSSR count). The monoisotopic (exact) mass is 243 g/mol. The van der Waals surface area contributed by atoms with Gasteiger partial charge in [-0.05, 0) is 30.4 Å². The number of carbonyl (C=O) groups is 1. The molecule has 0 aliphatic heterocycles. The van der Waals surface area contributed by atoms with Crippen LogP contribution in [0.15, 0.2) is 48.8 Å². The first-order valence-corrected chi connectivity index (χ1v) is 5.28. The van der Waals surface area contributed by atoms with Crippen molar-refractivity contribution in [3.05, 3.63) is 65.7 Å². The minimum absolute atomic E-state index is 0.257. The van der Waals surface area contributed by atoms with E-state index in [1.807, 2.05) is 0 Å². The zero-order chi connectivity index (χ0) is 13.0. The van der Waals surface area contributed by atoms with E-state index in [1.54, 1.807) is 18.3 Å². The summed E-state index contributed by atoms with van der Waals surface area (Å²) < 4.78 is 13.0. The molecule has 2 aromatic rings. The molecule has 0 saturated carbocycles. The number of para-hydroxylation sites is 1. The number of pyridine rings is 1. The summed E-state index contributed by atoms with van der Waals surface area (Å²) in [7, 11) is 0. The Bertz CT molecular complexity index is 594. The van der Waals surface area contributed by atoms with E-state index in [0.29, 0.717) is 5.56 Å². The van der Waals surface area contributed by atoms with Gasteiger partial charge in [-0.15, -0.1) is 0 Å². The van der Waals surface area contributed by atoms with Crippen LogP contribution in [0.25, 0.3) is 6.08 Å². The molecule has 0 radical (unpaired) electrons. The lowest BCUT2D eigenvalue weighted by Crippen LogP contribution is -1.94. The highest BCUT2D eigenvalue weighted by Crippen LogP contribution is 2.21. The number of aromatic hydroxyl groups is 1. The van der Waals surface area contributed by atoms with E-state index < -0.39 is 11.6 Å². The maximum Gasteiger partial charge on any atom is 0.187 e. The summed E-state index contributed by atoms with van der Waals surface area (Å²) in [6.07, 6.45) is 5.65. The van der Waals surface area contributed by atoms with Gasteiger partial charge in [0.05, 0.1) is 0 Å². The van der Waals surface area contributed by atoms with Crippen LogP contribution in [0.2, 0.25) is 0 Å². The molecule has 1 heterocycles. The number of hydrogen-bond donors (Lipinski definition) is 1. The predicted octanol–water partition coefficient (Wildman–Crippen LogP) is 2.82. The number of allylic oxidation sites excluding steroid dienone is 1. The first-order chi connectivity index (χ1) is 8.68. The van der Waals surface area contributed by atoms with Crippen molar-refractivity contribution in [3.63, 3.8) is 0 Å². The molecule has 1 aromatic carbocycles. The maximum atomic E-state index is 13.0. The third kappa shape index (κ3) is 2.60. The average molecular weight is 243 g/mol. The van der Waals surface area contributed by atoms with E-state index in [1.165, 1.54) is 30.5 Å². The summed E-state index contributed by atoms with van der Waals surface area (Å²) in [6, 6.07) is 7.41. The van der Waals surface area contributed by atoms with Gasteiger partial charge in [-0.3, -0.25) is 9.78 Å². The lowest BCUT2D eigenvalue weighted by molar-refractivity contribution is 0.104. The van der Waals surface area contributed by atoms with E-state index in [9.17, 15) is 14.3 Å². The summed E-state index contributed by atoms with van der Waals surface area (Å²) in [4.78, 5) is 15.5. The van der Waals surface area contributed by atoms with Crippen LogP contribution in [0, 0.1) is 5.82 Å². The van der Waals surface area contributed by atoms with Crippen molar-refractivity contribution < 1.29 is 14.3 Å². The average Bonchev–Trinajstić information content (AvgIpc) is 2.41. The van der Waals surface area contributed by atoms with Crippen LogP contribution in [-0.2, 0) is 0 Å². The van der Waals surface area contributed by atoms with Crippen LogP contribution in [0.4, 0.5) is 4.39 Å². The van der Waals surface area contributed by atoms with Gasteiger partial charge in [-0.1, -0.05) is 12.1 Å². The fourth-order valence-electron chi connectivity index (χ4n) is 1.44. The molecule has 0 unspecified atom stereocenters. The molecule has 0 fully saturated rings. The second kappa shape index (κ2) is 5.23. The van der Waals surface area contributed by atoms with Gasteiger partial charge in [0.1, 0.15) is 0 Å². The standard InChI is InChI=1S/C14H10FNO2/c15-12-5-1-3-10(14(12)18)6-7-13(17)11-4-2-8-16-9-11/h1-9,18H/b7-6+. The number of hydrogen-bond acceptors (Lipinski definition) is 3. The Balaban J connectivity index is 2.22. The van der Waals surface area contributed by atoms with E-state index in [4.69, 9.17) is 0 Å². The molecular weight excluding hydrogens is 233 g/mol. The van der Waals surface area contributed by atoms with Gasteiger partial charge in [0.25, 0.3) is 0 Å². The third-order valence-electron chi connectivity index (χ3n) is 2.38. The molecule has 3 nitrogen and oxygen atoms in total. The fraction of sp³-hybridized carbons (Fsp3) is 0. The highest BCUT2D eigenvalue weighted by atomic mass is 19.1. The molecule has 90 valence electrons. The Morgan fingerprint density at radius 1 is 1.28 bits per heavy atom. The predicted molar refractivity (Wildman–Crippen MR) is 65.7 cm³/mol. The smallest absolute Gasteiger partial charge is 0.187 e. The van der Waals surface area contributed by atoms with Crippen molar-refractivity contribution in [2.75, 3.05) is 0 Å². The number of ketones is 1. The fourth-order valence-corrected chi connectivity index (χ4v) is 1.44. The number of rotatable bonds is 3. The number of carbonyl (C=O) groups excluding carboxylic acids is 1. The van der Waals surface area contributed by atoms with Crippen LogP contribution in [0.3, 0.4) is 0 Å². The van der Waals surface area contributed by atoms with E-state index in [0.717, 1.165) is 6.07 Å². The molecule has 1 aromatic heterocycles. The summed E-state index contributed by atoms with van der Waals surface area (Å²) in [6.45, 7) is 0. The summed E-state index contributed by atoms with van der Waals surface area (Å²) in [5, 5.41) is 9.43. The van der Waals surface area contributed by atoms with Crippen LogP contribution >= 0.6 is 0 Å². The largest absolute Gasteiger partial charge is 0.504 e. The molecule has 0 spiro atoms. The van der Waals surface area contributed by atoms with Gasteiger partial charge < -0.3 is 5.11 Å². The summed E-state index contributed by atoms with van der Waals surface area (Å²) in [5.74, 6) is -1.44. The topological polar surface area (TPSA) is 50.2 Å². The molecule has 18 heavy (non-hydrogen) atoms. The van der Waals surface area contributed by atoms with Crippen molar-refractivity contribution >= 4 is 11.9 Å². The Morgan fingerprint density at radius 3 is 2.83 bits per heavy atom. The second-order valence-electron chi connectivity index (χ2n) is 3.62. The SMILES string of the molecule is O=C(/C=C/c1cccc(F)c1O)c1cccnc1. The van der Waals surface area contributed by atoms with E-state index in [-0.39, 0.29) is 11.3 Å². The lowest BCUT2D eigenvalue weighted by Gasteiger charge is -1.99. The van der Waals surface area contributed by atoms with Crippen LogP contribution in [0.5, 0.6) is 5.75 Å². The molecule has 0 saturated heterocycles. The quantitative estimate of drug-likeness (QED) is 0.666. The second-order valence-corrected chi connectivity index (χ2v) is 3.62. The zero-order valence-corrected chi connectivity index (χ0v) is 9.38. The minimum Gasteiger partial charge on any atom is -0.504 e. The van der Waals surface area contributed by atoms with Gasteiger partial charge in [0.15, 0.2) is 17.3 Å². The van der Waals surface area contributed by atoms with Gasteiger partial charge in [-0.25, -0.2) is 4.39 Å². The number of nitrogens with zero attached hydrogens (tertiary/aromatic N) is 1. The highest BCUT2D eigenvalue weighted by Gasteiger charge is 2.05. The molecule has 4 heteroatoms. The Morgan fingerprint density at radius 2 is 2.11 bits per heavy atom. The highest BCUT2D eigenvalue weighted by molar-refractivity contribution is 6.06. The van der Waals surface area contributed by atoms with Crippen LogP contribution < -0.4 is 0 Å². The van der Waals surface area contributed by atoms with Crippen LogP contribution in [0.1, 0.15) is 15.9 Å². The van der Waals surface area contributed by atoms with Crippen molar-refractivity contribution in [3.8, 4) is 5.75 Å². The van der Waals surface area contributed by atoms with Crippen molar-refractivity contribution in [1.29, 1.82) is 0 Å². The minimum atomic E-state index is -0.717. The van der Waals surface area contributed by atoms with E-state index in [2.05, 4.69) is 4.98 Å². The first-order valence-electron chi connectivity index (χ1n) is 5.28. The third-order valence-corrected chi connectivity index (χ3v) is 2.38. The van der Waals surface area contributed by atoms with Crippen molar-refractivity contribution in [2.45, 2.75) is 0 Å². The Labute approximate surface area is 103 Å². The van der Waals surface area contributed by atoms with Gasteiger partial charge >= 0.3 is 0 Å². The number of aromatic nitrogens is 1. The molecule has 0 aliphatic rings. The first kappa shape index (κ1) is 12.0.